The summed E-state index contributed by atoms with van der Waals surface area (Å²) in [5, 5.41) is 12.2. The van der Waals surface area contributed by atoms with Gasteiger partial charge < -0.3 is 9.88 Å². The van der Waals surface area contributed by atoms with Crippen LogP contribution in [0.15, 0.2) is 42.1 Å². The Balaban J connectivity index is 1.62. The van der Waals surface area contributed by atoms with Crippen LogP contribution in [0.25, 0.3) is 0 Å². The van der Waals surface area contributed by atoms with Crippen molar-refractivity contribution in [3.8, 4) is 0 Å². The van der Waals surface area contributed by atoms with E-state index in [0.717, 1.165) is 22.2 Å². The number of nitrogens with one attached hydrogen (secondary N) is 1. The maximum atomic E-state index is 12.2. The van der Waals surface area contributed by atoms with E-state index in [1.807, 2.05) is 37.3 Å². The first-order valence-electron chi connectivity index (χ1n) is 7.71. The molecule has 1 aromatic heterocycles. The first kappa shape index (κ1) is 15.8. The highest BCUT2D eigenvalue weighted by atomic mass is 32.2. The van der Waals surface area contributed by atoms with Gasteiger partial charge in [0.25, 0.3) is 0 Å². The van der Waals surface area contributed by atoms with Crippen molar-refractivity contribution >= 4 is 23.4 Å². The van der Waals surface area contributed by atoms with E-state index in [-0.39, 0.29) is 5.91 Å². The van der Waals surface area contributed by atoms with Gasteiger partial charge in [0.2, 0.25) is 5.91 Å². The minimum Gasteiger partial charge on any atom is -0.325 e. The molecule has 6 heteroatoms. The summed E-state index contributed by atoms with van der Waals surface area (Å²) in [5.74, 6) is 1.82. The van der Waals surface area contributed by atoms with Crippen molar-refractivity contribution in [3.63, 3.8) is 0 Å². The molecule has 0 unspecified atom stereocenters. The highest BCUT2D eigenvalue weighted by Crippen LogP contribution is 2.40. The Morgan fingerprint density at radius 3 is 2.91 bits per heavy atom. The third-order valence-electron chi connectivity index (χ3n) is 3.75. The standard InChI is InChI=1S/C17H20N4OS/c1-3-10-21-16(13-8-9-13)19-20-17(21)23-11-15(22)18-14-7-5-4-6-12(14)2/h3-7,13H,1,8-11H2,2H3,(H,18,22). The lowest BCUT2D eigenvalue weighted by molar-refractivity contribution is -0.113. The predicted octanol–water partition coefficient (Wildman–Crippen LogP) is 3.38. The molecule has 0 spiro atoms. The molecule has 1 saturated carbocycles. The van der Waals surface area contributed by atoms with Gasteiger partial charge in [0.05, 0.1) is 5.75 Å². The van der Waals surface area contributed by atoms with Gasteiger partial charge in [-0.15, -0.1) is 16.8 Å². The number of anilines is 1. The highest BCUT2D eigenvalue weighted by molar-refractivity contribution is 7.99. The van der Waals surface area contributed by atoms with Crippen molar-refractivity contribution < 1.29 is 4.79 Å². The number of amides is 1. The van der Waals surface area contributed by atoms with Gasteiger partial charge in [-0.2, -0.15) is 0 Å². The fourth-order valence-corrected chi connectivity index (χ4v) is 3.14. The van der Waals surface area contributed by atoms with E-state index in [4.69, 9.17) is 0 Å². The lowest BCUT2D eigenvalue weighted by Gasteiger charge is -2.09. The van der Waals surface area contributed by atoms with Crippen LogP contribution in [0.1, 0.15) is 30.1 Å². The number of benzene rings is 1. The van der Waals surface area contributed by atoms with Crippen molar-refractivity contribution in [1.29, 1.82) is 0 Å². The van der Waals surface area contributed by atoms with Gasteiger partial charge in [0.15, 0.2) is 5.16 Å². The Hall–Kier alpha value is -2.08. The monoisotopic (exact) mass is 328 g/mol. The zero-order chi connectivity index (χ0) is 16.2. The fraction of sp³-hybridized carbons (Fsp3) is 0.353. The Labute approximate surface area is 140 Å². The maximum Gasteiger partial charge on any atom is 0.234 e. The van der Waals surface area contributed by atoms with Gasteiger partial charge >= 0.3 is 0 Å². The van der Waals surface area contributed by atoms with Crippen molar-refractivity contribution in [2.75, 3.05) is 11.1 Å². The molecule has 0 aliphatic heterocycles. The number of rotatable bonds is 7. The zero-order valence-electron chi connectivity index (χ0n) is 13.2. The van der Waals surface area contributed by atoms with Crippen LogP contribution >= 0.6 is 11.8 Å². The number of aryl methyl sites for hydroxylation is 1. The van der Waals surface area contributed by atoms with E-state index in [1.165, 1.54) is 24.6 Å². The normalized spacial score (nSPS) is 13.8. The summed E-state index contributed by atoms with van der Waals surface area (Å²) in [6.45, 7) is 6.45. The summed E-state index contributed by atoms with van der Waals surface area (Å²) in [6.07, 6.45) is 4.19. The van der Waals surface area contributed by atoms with Crippen LogP contribution in [0, 0.1) is 6.92 Å². The van der Waals surface area contributed by atoms with Crippen LogP contribution in [0.3, 0.4) is 0 Å². The summed E-state index contributed by atoms with van der Waals surface area (Å²) in [4.78, 5) is 12.2. The number of hydrogen-bond donors (Lipinski definition) is 1. The first-order valence-corrected chi connectivity index (χ1v) is 8.70. The molecule has 1 N–H and O–H groups in total. The summed E-state index contributed by atoms with van der Waals surface area (Å²) in [7, 11) is 0. The van der Waals surface area contributed by atoms with E-state index in [9.17, 15) is 4.79 Å². The molecule has 2 aromatic rings. The lowest BCUT2D eigenvalue weighted by atomic mass is 10.2. The van der Waals surface area contributed by atoms with Crippen molar-refractivity contribution in [3.05, 3.63) is 48.3 Å². The van der Waals surface area contributed by atoms with Crippen LogP contribution in [0.2, 0.25) is 0 Å². The molecule has 0 bridgehead atoms. The molecule has 1 amide bonds. The molecular formula is C17H20N4OS. The van der Waals surface area contributed by atoms with E-state index in [2.05, 4.69) is 26.7 Å². The van der Waals surface area contributed by atoms with Gasteiger partial charge in [-0.1, -0.05) is 36.0 Å². The van der Waals surface area contributed by atoms with Gasteiger partial charge in [-0.05, 0) is 31.4 Å². The van der Waals surface area contributed by atoms with Crippen molar-refractivity contribution in [2.24, 2.45) is 0 Å². The topological polar surface area (TPSA) is 59.8 Å². The van der Waals surface area contributed by atoms with E-state index < -0.39 is 0 Å². The first-order chi connectivity index (χ1) is 11.2. The summed E-state index contributed by atoms with van der Waals surface area (Å²) in [6, 6.07) is 7.75. The van der Waals surface area contributed by atoms with Crippen LogP contribution in [-0.4, -0.2) is 26.4 Å². The molecule has 1 heterocycles. The number of para-hydroxylation sites is 1. The number of carbonyl (C=O) groups excluding carboxylic acids is 1. The van der Waals surface area contributed by atoms with Gasteiger partial charge in [0.1, 0.15) is 5.82 Å². The van der Waals surface area contributed by atoms with Crippen LogP contribution < -0.4 is 5.32 Å². The zero-order valence-corrected chi connectivity index (χ0v) is 14.0. The number of aromatic nitrogens is 3. The number of hydrogen-bond acceptors (Lipinski definition) is 4. The fourth-order valence-electron chi connectivity index (χ4n) is 2.38. The number of nitrogens with zero attached hydrogens (tertiary/aromatic N) is 3. The molecule has 120 valence electrons. The van der Waals surface area contributed by atoms with Gasteiger partial charge in [-0.3, -0.25) is 4.79 Å². The summed E-state index contributed by atoms with van der Waals surface area (Å²) in [5.41, 5.74) is 1.90. The van der Waals surface area contributed by atoms with Crippen LogP contribution in [-0.2, 0) is 11.3 Å². The second-order valence-electron chi connectivity index (χ2n) is 5.67. The maximum absolute atomic E-state index is 12.2. The smallest absolute Gasteiger partial charge is 0.234 e. The van der Waals surface area contributed by atoms with E-state index >= 15 is 0 Å². The third kappa shape index (κ3) is 3.82. The van der Waals surface area contributed by atoms with Gasteiger partial charge in [0, 0.05) is 18.2 Å². The quantitative estimate of drug-likeness (QED) is 0.625. The third-order valence-corrected chi connectivity index (χ3v) is 4.72. The molecule has 1 aromatic carbocycles. The second kappa shape index (κ2) is 7.00. The molecule has 1 aliphatic rings. The molecule has 23 heavy (non-hydrogen) atoms. The SMILES string of the molecule is C=CCn1c(SCC(=O)Nc2ccccc2C)nnc1C1CC1. The Morgan fingerprint density at radius 2 is 2.22 bits per heavy atom. The number of carbonyl (C=O) groups is 1. The molecule has 0 radical (unpaired) electrons. The molecule has 0 atom stereocenters. The van der Waals surface area contributed by atoms with E-state index in [1.54, 1.807) is 0 Å². The van der Waals surface area contributed by atoms with Gasteiger partial charge in [-0.25, -0.2) is 0 Å². The number of allylic oxidation sites excluding steroid dienone is 1. The summed E-state index contributed by atoms with van der Waals surface area (Å²) < 4.78 is 2.07. The minimum atomic E-state index is -0.0366. The Kier molecular flexibility index (Phi) is 4.81. The van der Waals surface area contributed by atoms with Crippen molar-refractivity contribution in [2.45, 2.75) is 37.4 Å². The minimum absolute atomic E-state index is 0.0366. The molecule has 1 aliphatic carbocycles. The van der Waals surface area contributed by atoms with Crippen LogP contribution in [0.5, 0.6) is 0 Å². The molecule has 5 nitrogen and oxygen atoms in total. The molecule has 1 fully saturated rings. The molecular weight excluding hydrogens is 308 g/mol. The lowest BCUT2D eigenvalue weighted by Crippen LogP contribution is -2.15. The van der Waals surface area contributed by atoms with E-state index in [0.29, 0.717) is 18.2 Å². The summed E-state index contributed by atoms with van der Waals surface area (Å²) >= 11 is 1.42. The highest BCUT2D eigenvalue weighted by Gasteiger charge is 2.30. The van der Waals surface area contributed by atoms with Crippen molar-refractivity contribution in [1.82, 2.24) is 14.8 Å². The average Bonchev–Trinajstić information content (AvgIpc) is 3.30. The molecule has 0 saturated heterocycles. The predicted molar refractivity (Wildman–Crippen MR) is 92.7 cm³/mol. The van der Waals surface area contributed by atoms with Crippen LogP contribution in [0.4, 0.5) is 5.69 Å². The molecule has 3 rings (SSSR count). The Bertz CT molecular complexity index is 721. The average molecular weight is 328 g/mol. The largest absolute Gasteiger partial charge is 0.325 e. The second-order valence-corrected chi connectivity index (χ2v) is 6.61. The Morgan fingerprint density at radius 1 is 1.43 bits per heavy atom. The number of thioether (sulfide) groups is 1.